The van der Waals surface area contributed by atoms with E-state index in [2.05, 4.69) is 30.2 Å². The summed E-state index contributed by atoms with van der Waals surface area (Å²) in [6.45, 7) is 0. The molecule has 0 aliphatic rings. The van der Waals surface area contributed by atoms with E-state index in [9.17, 15) is 4.79 Å². The van der Waals surface area contributed by atoms with E-state index < -0.39 is 5.91 Å². The van der Waals surface area contributed by atoms with Gasteiger partial charge in [-0.15, -0.1) is 0 Å². The fourth-order valence-corrected chi connectivity index (χ4v) is 1.51. The normalized spacial score (nSPS) is 10.3. The predicted octanol–water partition coefficient (Wildman–Crippen LogP) is 1.07. The summed E-state index contributed by atoms with van der Waals surface area (Å²) in [6.07, 6.45) is 7.52. The van der Waals surface area contributed by atoms with Crippen LogP contribution in [0.15, 0.2) is 43.1 Å². The number of carbonyl (C=O) groups excluding carboxylic acids is 1. The second-order valence-electron chi connectivity index (χ2n) is 3.65. The van der Waals surface area contributed by atoms with E-state index in [0.29, 0.717) is 11.0 Å². The van der Waals surface area contributed by atoms with Gasteiger partial charge in [-0.1, -0.05) is 0 Å². The van der Waals surface area contributed by atoms with Gasteiger partial charge >= 0.3 is 0 Å². The summed E-state index contributed by atoms with van der Waals surface area (Å²) in [4.78, 5) is 31.9. The van der Waals surface area contributed by atoms with E-state index >= 15 is 0 Å². The zero-order valence-electron chi connectivity index (χ0n) is 9.69. The first-order valence-electron chi connectivity index (χ1n) is 5.48. The molecule has 0 bridgehead atoms. The van der Waals surface area contributed by atoms with E-state index in [1.807, 2.05) is 0 Å². The third kappa shape index (κ3) is 2.34. The third-order valence-electron chi connectivity index (χ3n) is 2.37. The first kappa shape index (κ1) is 11.1. The summed E-state index contributed by atoms with van der Waals surface area (Å²) < 4.78 is 0. The van der Waals surface area contributed by atoms with Crippen molar-refractivity contribution < 1.29 is 4.79 Å². The van der Waals surface area contributed by atoms with E-state index in [1.165, 1.54) is 18.6 Å². The highest BCUT2D eigenvalue weighted by Crippen LogP contribution is 2.09. The number of anilines is 1. The van der Waals surface area contributed by atoms with Gasteiger partial charge in [0.05, 0.1) is 17.9 Å². The molecule has 0 saturated heterocycles. The lowest BCUT2D eigenvalue weighted by molar-refractivity contribution is 0.102. The first-order valence-corrected chi connectivity index (χ1v) is 5.48. The molecule has 0 spiro atoms. The van der Waals surface area contributed by atoms with Crippen LogP contribution in [-0.2, 0) is 0 Å². The van der Waals surface area contributed by atoms with Gasteiger partial charge < -0.3 is 0 Å². The van der Waals surface area contributed by atoms with Crippen molar-refractivity contribution in [3.63, 3.8) is 0 Å². The molecule has 7 nitrogen and oxygen atoms in total. The molecule has 0 saturated carbocycles. The molecule has 0 atom stereocenters. The molecule has 0 radical (unpaired) electrons. The summed E-state index contributed by atoms with van der Waals surface area (Å²) in [6, 6.07) is 3.56. The Morgan fingerprint density at radius 1 is 1.00 bits per heavy atom. The Kier molecular flexibility index (Phi) is 2.77. The summed E-state index contributed by atoms with van der Waals surface area (Å²) in [5.74, 6) is -0.201. The molecule has 3 heterocycles. The molecular weight excluding hydrogens is 244 g/mol. The van der Waals surface area contributed by atoms with Gasteiger partial charge in [-0.05, 0) is 12.1 Å². The smallest absolute Gasteiger partial charge is 0.278 e. The molecule has 92 valence electrons. The van der Waals surface area contributed by atoms with Gasteiger partial charge in [0.25, 0.3) is 5.91 Å². The summed E-state index contributed by atoms with van der Waals surface area (Å²) in [5.41, 5.74) is 1.53. The maximum atomic E-state index is 11.8. The Labute approximate surface area is 107 Å². The van der Waals surface area contributed by atoms with E-state index in [4.69, 9.17) is 0 Å². The van der Waals surface area contributed by atoms with Crippen molar-refractivity contribution >= 4 is 22.9 Å². The molecule has 7 heteroatoms. The van der Waals surface area contributed by atoms with E-state index in [1.54, 1.807) is 24.5 Å². The minimum absolute atomic E-state index is 0.205. The maximum absolute atomic E-state index is 11.8. The predicted molar refractivity (Wildman–Crippen MR) is 67.3 cm³/mol. The maximum Gasteiger partial charge on any atom is 0.278 e. The van der Waals surface area contributed by atoms with Gasteiger partial charge in [-0.2, -0.15) is 0 Å². The van der Waals surface area contributed by atoms with Crippen LogP contribution < -0.4 is 5.32 Å². The second-order valence-corrected chi connectivity index (χ2v) is 3.65. The molecule has 0 aliphatic carbocycles. The average Bonchev–Trinajstić information content (AvgIpc) is 2.48. The molecule has 0 fully saturated rings. The van der Waals surface area contributed by atoms with Crippen LogP contribution >= 0.6 is 0 Å². The Balaban J connectivity index is 1.87. The number of fused-ring (bicyclic) bond motifs is 1. The van der Waals surface area contributed by atoms with Crippen LogP contribution in [0.2, 0.25) is 0 Å². The minimum atomic E-state index is -0.406. The van der Waals surface area contributed by atoms with Crippen molar-refractivity contribution in [1.29, 1.82) is 0 Å². The molecule has 19 heavy (non-hydrogen) atoms. The van der Waals surface area contributed by atoms with Gasteiger partial charge in [0, 0.05) is 18.6 Å². The van der Waals surface area contributed by atoms with Crippen LogP contribution in [0.1, 0.15) is 10.5 Å². The SMILES string of the molecule is O=C(Nc1ncc2ncccc2n1)c1cnccn1. The number of carbonyl (C=O) groups is 1. The fraction of sp³-hybridized carbons (Fsp3) is 0. The van der Waals surface area contributed by atoms with Crippen molar-refractivity contribution in [3.8, 4) is 0 Å². The lowest BCUT2D eigenvalue weighted by atomic mass is 10.4. The second kappa shape index (κ2) is 4.73. The molecule has 0 unspecified atom stereocenters. The molecule has 1 N–H and O–H groups in total. The number of nitrogens with zero attached hydrogens (tertiary/aromatic N) is 5. The number of hydrogen-bond donors (Lipinski definition) is 1. The van der Waals surface area contributed by atoms with Crippen LogP contribution in [-0.4, -0.2) is 30.8 Å². The highest BCUT2D eigenvalue weighted by Gasteiger charge is 2.09. The third-order valence-corrected chi connectivity index (χ3v) is 2.37. The number of amides is 1. The Hall–Kier alpha value is -2.96. The number of hydrogen-bond acceptors (Lipinski definition) is 6. The van der Waals surface area contributed by atoms with Crippen molar-refractivity contribution in [2.75, 3.05) is 5.32 Å². The standard InChI is InChI=1S/C12H8N6O/c19-11(10-6-13-4-5-15-10)18-12-16-7-9-8(17-12)2-1-3-14-9/h1-7H,(H,16,17,18,19). The fourth-order valence-electron chi connectivity index (χ4n) is 1.51. The monoisotopic (exact) mass is 252 g/mol. The summed E-state index contributed by atoms with van der Waals surface area (Å²) in [5, 5.41) is 2.56. The van der Waals surface area contributed by atoms with Crippen molar-refractivity contribution in [2.45, 2.75) is 0 Å². The molecule has 3 aromatic heterocycles. The zero-order valence-corrected chi connectivity index (χ0v) is 9.69. The topological polar surface area (TPSA) is 93.6 Å². The van der Waals surface area contributed by atoms with Gasteiger partial charge in [0.15, 0.2) is 0 Å². The Morgan fingerprint density at radius 3 is 2.79 bits per heavy atom. The lowest BCUT2D eigenvalue weighted by Gasteiger charge is -2.03. The lowest BCUT2D eigenvalue weighted by Crippen LogP contribution is -2.15. The van der Waals surface area contributed by atoms with E-state index in [-0.39, 0.29) is 11.6 Å². The number of rotatable bonds is 2. The first-order chi connectivity index (χ1) is 9.33. The molecular formula is C12H8N6O. The van der Waals surface area contributed by atoms with Crippen LogP contribution in [0.3, 0.4) is 0 Å². The highest BCUT2D eigenvalue weighted by molar-refractivity contribution is 6.01. The van der Waals surface area contributed by atoms with Gasteiger partial charge in [0.1, 0.15) is 11.2 Å². The van der Waals surface area contributed by atoms with Crippen LogP contribution in [0.4, 0.5) is 5.95 Å². The van der Waals surface area contributed by atoms with Crippen LogP contribution in [0.25, 0.3) is 11.0 Å². The van der Waals surface area contributed by atoms with Crippen molar-refractivity contribution in [3.05, 3.63) is 48.8 Å². The van der Waals surface area contributed by atoms with Crippen LogP contribution in [0.5, 0.6) is 0 Å². The number of nitrogens with one attached hydrogen (secondary N) is 1. The molecule has 0 aliphatic heterocycles. The number of pyridine rings is 1. The highest BCUT2D eigenvalue weighted by atomic mass is 16.2. The van der Waals surface area contributed by atoms with Crippen LogP contribution in [0, 0.1) is 0 Å². The molecule has 3 aromatic rings. The number of aromatic nitrogens is 5. The quantitative estimate of drug-likeness (QED) is 0.733. The van der Waals surface area contributed by atoms with Gasteiger partial charge in [0.2, 0.25) is 5.95 Å². The van der Waals surface area contributed by atoms with Gasteiger partial charge in [-0.25, -0.2) is 15.0 Å². The molecule has 1 amide bonds. The van der Waals surface area contributed by atoms with Crippen molar-refractivity contribution in [1.82, 2.24) is 24.9 Å². The zero-order chi connectivity index (χ0) is 13.1. The summed E-state index contributed by atoms with van der Waals surface area (Å²) in [7, 11) is 0. The van der Waals surface area contributed by atoms with Crippen molar-refractivity contribution in [2.24, 2.45) is 0 Å². The average molecular weight is 252 g/mol. The largest absolute Gasteiger partial charge is 0.289 e. The van der Waals surface area contributed by atoms with Gasteiger partial charge in [-0.3, -0.25) is 20.1 Å². The Bertz CT molecular complexity index is 730. The summed E-state index contributed by atoms with van der Waals surface area (Å²) >= 11 is 0. The molecule has 3 rings (SSSR count). The Morgan fingerprint density at radius 2 is 1.95 bits per heavy atom. The van der Waals surface area contributed by atoms with E-state index in [0.717, 1.165) is 0 Å². The molecule has 0 aromatic carbocycles. The minimum Gasteiger partial charge on any atom is -0.289 e.